The Morgan fingerprint density at radius 3 is 2.44 bits per heavy atom. The van der Waals surface area contributed by atoms with E-state index < -0.39 is 0 Å². The fourth-order valence-electron chi connectivity index (χ4n) is 3.69. The van der Waals surface area contributed by atoms with Crippen LogP contribution < -0.4 is 10.6 Å². The number of nitrogens with zero attached hydrogens (tertiary/aromatic N) is 4. The van der Waals surface area contributed by atoms with E-state index in [-0.39, 0.29) is 0 Å². The third-order valence-electron chi connectivity index (χ3n) is 5.39. The topological polar surface area (TPSA) is 59.7 Å². The van der Waals surface area contributed by atoms with Crippen LogP contribution in [0.15, 0.2) is 60.9 Å². The van der Waals surface area contributed by atoms with Gasteiger partial charge in [-0.1, -0.05) is 59.7 Å². The van der Waals surface area contributed by atoms with Crippen LogP contribution in [0.2, 0.25) is 0 Å². The van der Waals surface area contributed by atoms with Gasteiger partial charge in [-0.25, -0.2) is 0 Å². The predicted molar refractivity (Wildman–Crippen MR) is 134 cm³/mol. The number of benzene rings is 2. The molecule has 2 heterocycles. The van der Waals surface area contributed by atoms with Gasteiger partial charge in [-0.05, 0) is 51.0 Å². The summed E-state index contributed by atoms with van der Waals surface area (Å²) < 4.78 is 3.90. The molecule has 0 saturated heterocycles. The second-order valence-corrected chi connectivity index (χ2v) is 8.59. The highest BCUT2D eigenvalue weighted by atomic mass is 32.1. The van der Waals surface area contributed by atoms with Crippen molar-refractivity contribution in [1.82, 2.24) is 19.6 Å². The molecule has 2 aromatic heterocycles. The van der Waals surface area contributed by atoms with Crippen LogP contribution in [0.5, 0.6) is 0 Å². The lowest BCUT2D eigenvalue weighted by molar-refractivity contribution is 0.659. The van der Waals surface area contributed by atoms with Crippen LogP contribution >= 0.6 is 12.2 Å². The van der Waals surface area contributed by atoms with Crippen LogP contribution in [-0.2, 0) is 13.1 Å². The first-order chi connectivity index (χ1) is 15.4. The predicted octanol–water partition coefficient (Wildman–Crippen LogP) is 5.22. The van der Waals surface area contributed by atoms with Gasteiger partial charge >= 0.3 is 0 Å². The van der Waals surface area contributed by atoms with Crippen molar-refractivity contribution in [2.45, 2.75) is 40.8 Å². The van der Waals surface area contributed by atoms with Gasteiger partial charge in [0.2, 0.25) is 0 Å². The Balaban J connectivity index is 1.39. The van der Waals surface area contributed by atoms with Crippen molar-refractivity contribution >= 4 is 28.7 Å². The molecule has 0 atom stereocenters. The van der Waals surface area contributed by atoms with Gasteiger partial charge < -0.3 is 10.6 Å². The second kappa shape index (κ2) is 9.36. The molecule has 0 saturated carbocycles. The van der Waals surface area contributed by atoms with Crippen molar-refractivity contribution in [3.05, 3.63) is 94.6 Å². The molecule has 2 aromatic carbocycles. The van der Waals surface area contributed by atoms with E-state index in [0.29, 0.717) is 11.7 Å². The third-order valence-corrected chi connectivity index (χ3v) is 5.60. The minimum Gasteiger partial charge on any atom is -0.330 e. The molecule has 0 unspecified atom stereocenters. The van der Waals surface area contributed by atoms with Crippen molar-refractivity contribution in [2.75, 3.05) is 10.6 Å². The van der Waals surface area contributed by atoms with Crippen molar-refractivity contribution in [1.29, 1.82) is 0 Å². The van der Waals surface area contributed by atoms with E-state index in [1.165, 1.54) is 22.3 Å². The van der Waals surface area contributed by atoms with Gasteiger partial charge in [0.05, 0.1) is 42.0 Å². The van der Waals surface area contributed by atoms with Gasteiger partial charge in [0.15, 0.2) is 5.11 Å². The van der Waals surface area contributed by atoms with Gasteiger partial charge in [0, 0.05) is 6.20 Å². The molecule has 164 valence electrons. The van der Waals surface area contributed by atoms with Gasteiger partial charge in [-0.2, -0.15) is 10.2 Å². The zero-order chi connectivity index (χ0) is 22.7. The van der Waals surface area contributed by atoms with Gasteiger partial charge in [0.25, 0.3) is 0 Å². The van der Waals surface area contributed by atoms with Crippen molar-refractivity contribution in [2.24, 2.45) is 0 Å². The lowest BCUT2D eigenvalue weighted by Gasteiger charge is -2.10. The number of anilines is 2. The quantitative estimate of drug-likeness (QED) is 0.399. The Bertz CT molecular complexity index is 1240. The smallest absolute Gasteiger partial charge is 0.175 e. The fraction of sp³-hybridized carbons (Fsp3) is 0.240. The number of thiocarbonyl (C=S) groups is 1. The zero-order valence-corrected chi connectivity index (χ0v) is 19.7. The summed E-state index contributed by atoms with van der Waals surface area (Å²) >= 11 is 5.55. The first-order valence-electron chi connectivity index (χ1n) is 10.6. The second-order valence-electron chi connectivity index (χ2n) is 8.18. The normalized spacial score (nSPS) is 10.9. The van der Waals surface area contributed by atoms with E-state index in [9.17, 15) is 0 Å². The van der Waals surface area contributed by atoms with E-state index in [1.807, 2.05) is 22.5 Å². The van der Waals surface area contributed by atoms with Crippen LogP contribution in [0.1, 0.15) is 33.6 Å². The maximum Gasteiger partial charge on any atom is 0.175 e. The summed E-state index contributed by atoms with van der Waals surface area (Å²) in [7, 11) is 0. The Morgan fingerprint density at radius 1 is 0.906 bits per heavy atom. The van der Waals surface area contributed by atoms with E-state index in [4.69, 9.17) is 17.3 Å². The minimum atomic E-state index is 0.515. The number of hydrogen-bond donors (Lipinski definition) is 2. The molecule has 6 nitrogen and oxygen atoms in total. The standard InChI is InChI=1S/C25H28N6S/c1-17-8-10-21(11-9-17)14-30-16-23(13-26-30)27-25(32)28-24-19(3)29-31(20(24)4)15-22-7-5-6-18(2)12-22/h5-13,16H,14-15H2,1-4H3,(H2,27,28,32). The highest BCUT2D eigenvalue weighted by Crippen LogP contribution is 2.21. The molecular weight excluding hydrogens is 416 g/mol. The molecule has 0 amide bonds. The van der Waals surface area contributed by atoms with E-state index >= 15 is 0 Å². The highest BCUT2D eigenvalue weighted by Gasteiger charge is 2.13. The first kappa shape index (κ1) is 21.8. The molecule has 0 aliphatic carbocycles. The Hall–Kier alpha value is -3.45. The highest BCUT2D eigenvalue weighted by molar-refractivity contribution is 7.80. The van der Waals surface area contributed by atoms with Crippen LogP contribution in [0, 0.1) is 27.7 Å². The van der Waals surface area contributed by atoms with Crippen molar-refractivity contribution in [3.8, 4) is 0 Å². The summed E-state index contributed by atoms with van der Waals surface area (Å²) in [5, 5.41) is 16.2. The molecule has 0 aliphatic heterocycles. The monoisotopic (exact) mass is 444 g/mol. The average Bonchev–Trinajstić information content (AvgIpc) is 3.29. The largest absolute Gasteiger partial charge is 0.330 e. The molecular formula is C25H28N6S. The molecule has 0 aliphatic rings. The van der Waals surface area contributed by atoms with Crippen LogP contribution in [0.3, 0.4) is 0 Å². The number of rotatable bonds is 6. The lowest BCUT2D eigenvalue weighted by Crippen LogP contribution is -2.19. The van der Waals surface area contributed by atoms with E-state index in [1.54, 1.807) is 6.20 Å². The van der Waals surface area contributed by atoms with E-state index in [0.717, 1.165) is 29.3 Å². The maximum atomic E-state index is 5.55. The molecule has 0 bridgehead atoms. The Kier molecular flexibility index (Phi) is 6.37. The summed E-state index contributed by atoms with van der Waals surface area (Å²) in [6.07, 6.45) is 3.73. The summed E-state index contributed by atoms with van der Waals surface area (Å²) in [6, 6.07) is 17.0. The molecule has 0 fully saturated rings. The molecule has 2 N–H and O–H groups in total. The number of aryl methyl sites for hydroxylation is 3. The third kappa shape index (κ3) is 5.23. The Morgan fingerprint density at radius 2 is 1.69 bits per heavy atom. The zero-order valence-electron chi connectivity index (χ0n) is 18.9. The van der Waals surface area contributed by atoms with Gasteiger partial charge in [-0.3, -0.25) is 9.36 Å². The lowest BCUT2D eigenvalue weighted by atomic mass is 10.1. The number of nitrogens with one attached hydrogen (secondary N) is 2. The SMILES string of the molecule is Cc1ccc(Cn2cc(NC(=S)Nc3c(C)nn(Cc4cccc(C)c4)c3C)cn2)cc1. The van der Waals surface area contributed by atoms with Crippen LogP contribution in [0.25, 0.3) is 0 Å². The first-order valence-corrected chi connectivity index (χ1v) is 11.0. The van der Waals surface area contributed by atoms with Gasteiger partial charge in [0.1, 0.15) is 0 Å². The van der Waals surface area contributed by atoms with Crippen molar-refractivity contribution < 1.29 is 0 Å². The molecule has 4 aromatic rings. The van der Waals surface area contributed by atoms with Crippen LogP contribution in [-0.4, -0.2) is 24.7 Å². The molecule has 4 rings (SSSR count). The molecule has 0 spiro atoms. The maximum absolute atomic E-state index is 5.55. The molecule has 7 heteroatoms. The summed E-state index contributed by atoms with van der Waals surface area (Å²) in [5.41, 5.74) is 8.66. The van der Waals surface area contributed by atoms with Gasteiger partial charge in [-0.15, -0.1) is 0 Å². The van der Waals surface area contributed by atoms with E-state index in [2.05, 4.69) is 85.0 Å². The molecule has 32 heavy (non-hydrogen) atoms. The minimum absolute atomic E-state index is 0.515. The van der Waals surface area contributed by atoms with Crippen molar-refractivity contribution in [3.63, 3.8) is 0 Å². The summed E-state index contributed by atoms with van der Waals surface area (Å²) in [6.45, 7) is 9.67. The summed E-state index contributed by atoms with van der Waals surface area (Å²) in [4.78, 5) is 0. The Labute approximate surface area is 194 Å². The number of hydrogen-bond acceptors (Lipinski definition) is 3. The molecule has 0 radical (unpaired) electrons. The average molecular weight is 445 g/mol. The summed E-state index contributed by atoms with van der Waals surface area (Å²) in [5.74, 6) is 0. The fourth-order valence-corrected chi connectivity index (χ4v) is 3.91. The van der Waals surface area contributed by atoms with Crippen LogP contribution in [0.4, 0.5) is 11.4 Å². The number of aromatic nitrogens is 4.